The van der Waals surface area contributed by atoms with Gasteiger partial charge in [-0.2, -0.15) is 0 Å². The highest BCUT2D eigenvalue weighted by atomic mass is 35.5. The Morgan fingerprint density at radius 3 is 2.56 bits per heavy atom. The molecule has 2 aromatic rings. The summed E-state index contributed by atoms with van der Waals surface area (Å²) in [6.07, 6.45) is 0. The Balaban J connectivity index is 2.04. The summed E-state index contributed by atoms with van der Waals surface area (Å²) in [5.74, 6) is -0.578. The van der Waals surface area contributed by atoms with Gasteiger partial charge in [-0.25, -0.2) is 4.79 Å². The molecule has 0 saturated carbocycles. The number of benzene rings is 2. The standard InChI is InChI=1S/C14H11ClO3/c15-12-6-11(7-13(16)8-12)14(17)18-9-10-4-2-1-3-5-10/h1-8,16H,9H2. The first-order valence-corrected chi connectivity index (χ1v) is 5.73. The van der Waals surface area contributed by atoms with Crippen LogP contribution in [0.25, 0.3) is 0 Å². The number of rotatable bonds is 3. The molecule has 3 nitrogen and oxygen atoms in total. The molecule has 2 rings (SSSR count). The zero-order chi connectivity index (χ0) is 13.0. The number of carbonyl (C=O) groups is 1. The summed E-state index contributed by atoms with van der Waals surface area (Å²) in [7, 11) is 0. The highest BCUT2D eigenvalue weighted by molar-refractivity contribution is 6.31. The molecule has 2 aromatic carbocycles. The van der Waals surface area contributed by atoms with Gasteiger partial charge in [0, 0.05) is 5.02 Å². The van der Waals surface area contributed by atoms with Crippen LogP contribution in [0.4, 0.5) is 0 Å². The minimum Gasteiger partial charge on any atom is -0.508 e. The fraction of sp³-hybridized carbons (Fsp3) is 0.0714. The minimum atomic E-state index is -0.517. The first-order chi connectivity index (χ1) is 8.65. The Hall–Kier alpha value is -2.00. The first kappa shape index (κ1) is 12.5. The molecule has 0 amide bonds. The second-order valence-electron chi connectivity index (χ2n) is 3.76. The highest BCUT2D eigenvalue weighted by Crippen LogP contribution is 2.20. The Labute approximate surface area is 110 Å². The maximum atomic E-state index is 11.7. The summed E-state index contributed by atoms with van der Waals surface area (Å²) in [6.45, 7) is 0.187. The predicted molar refractivity (Wildman–Crippen MR) is 68.7 cm³/mol. The van der Waals surface area contributed by atoms with Gasteiger partial charge in [0.05, 0.1) is 5.56 Å². The average Bonchev–Trinajstić information content (AvgIpc) is 2.36. The molecule has 0 aliphatic rings. The molecule has 0 aliphatic heterocycles. The molecule has 0 fully saturated rings. The highest BCUT2D eigenvalue weighted by Gasteiger charge is 2.09. The Morgan fingerprint density at radius 2 is 1.89 bits per heavy atom. The van der Waals surface area contributed by atoms with Crippen molar-refractivity contribution in [1.29, 1.82) is 0 Å². The van der Waals surface area contributed by atoms with E-state index >= 15 is 0 Å². The van der Waals surface area contributed by atoms with Crippen molar-refractivity contribution < 1.29 is 14.6 Å². The summed E-state index contributed by atoms with van der Waals surface area (Å²) in [6, 6.07) is 13.5. The van der Waals surface area contributed by atoms with Crippen molar-refractivity contribution in [2.75, 3.05) is 0 Å². The van der Waals surface area contributed by atoms with Gasteiger partial charge in [0.1, 0.15) is 12.4 Å². The summed E-state index contributed by atoms with van der Waals surface area (Å²) < 4.78 is 5.12. The van der Waals surface area contributed by atoms with Crippen LogP contribution in [-0.4, -0.2) is 11.1 Å². The lowest BCUT2D eigenvalue weighted by Gasteiger charge is -2.05. The second kappa shape index (κ2) is 5.56. The summed E-state index contributed by atoms with van der Waals surface area (Å²) >= 11 is 5.74. The molecule has 18 heavy (non-hydrogen) atoms. The van der Waals surface area contributed by atoms with Crippen molar-refractivity contribution in [1.82, 2.24) is 0 Å². The number of hydrogen-bond acceptors (Lipinski definition) is 3. The molecule has 1 N–H and O–H groups in total. The Bertz CT molecular complexity index is 532. The van der Waals surface area contributed by atoms with Crippen LogP contribution in [0, 0.1) is 0 Å². The number of halogens is 1. The predicted octanol–water partition coefficient (Wildman–Crippen LogP) is 3.40. The number of esters is 1. The monoisotopic (exact) mass is 262 g/mol. The van der Waals surface area contributed by atoms with Crippen LogP contribution in [0.15, 0.2) is 48.5 Å². The third-order valence-corrected chi connectivity index (χ3v) is 2.55. The number of ether oxygens (including phenoxy) is 1. The zero-order valence-corrected chi connectivity index (χ0v) is 10.2. The lowest BCUT2D eigenvalue weighted by atomic mass is 10.2. The topological polar surface area (TPSA) is 46.5 Å². The van der Waals surface area contributed by atoms with Gasteiger partial charge < -0.3 is 9.84 Å². The summed E-state index contributed by atoms with van der Waals surface area (Å²) in [5, 5.41) is 9.63. The van der Waals surface area contributed by atoms with E-state index in [0.717, 1.165) is 5.56 Å². The van der Waals surface area contributed by atoms with Crippen molar-refractivity contribution in [2.24, 2.45) is 0 Å². The van der Waals surface area contributed by atoms with Crippen molar-refractivity contribution in [3.8, 4) is 5.75 Å². The average molecular weight is 263 g/mol. The van der Waals surface area contributed by atoms with E-state index in [1.807, 2.05) is 30.3 Å². The molecule has 0 bridgehead atoms. The van der Waals surface area contributed by atoms with Gasteiger partial charge >= 0.3 is 5.97 Å². The molecule has 4 heteroatoms. The van der Waals surface area contributed by atoms with E-state index in [0.29, 0.717) is 5.02 Å². The van der Waals surface area contributed by atoms with Crippen molar-refractivity contribution >= 4 is 17.6 Å². The van der Waals surface area contributed by atoms with E-state index in [4.69, 9.17) is 16.3 Å². The lowest BCUT2D eigenvalue weighted by Crippen LogP contribution is -2.05. The molecule has 0 aliphatic carbocycles. The second-order valence-corrected chi connectivity index (χ2v) is 4.20. The normalized spacial score (nSPS) is 10.1. The van der Waals surface area contributed by atoms with Gasteiger partial charge in [-0.3, -0.25) is 0 Å². The maximum absolute atomic E-state index is 11.7. The van der Waals surface area contributed by atoms with E-state index < -0.39 is 5.97 Å². The van der Waals surface area contributed by atoms with Gasteiger partial charge in [-0.15, -0.1) is 0 Å². The minimum absolute atomic E-state index is 0.0610. The molecule has 0 heterocycles. The van der Waals surface area contributed by atoms with E-state index in [1.54, 1.807) is 0 Å². The van der Waals surface area contributed by atoms with Crippen LogP contribution >= 0.6 is 11.6 Å². The van der Waals surface area contributed by atoms with Crippen LogP contribution in [-0.2, 0) is 11.3 Å². The summed E-state index contributed by atoms with van der Waals surface area (Å²) in [5.41, 5.74) is 1.13. The van der Waals surface area contributed by atoms with E-state index in [-0.39, 0.29) is 17.9 Å². The smallest absolute Gasteiger partial charge is 0.338 e. The number of aromatic hydroxyl groups is 1. The van der Waals surface area contributed by atoms with Crippen LogP contribution in [0.2, 0.25) is 5.02 Å². The molecule has 0 radical (unpaired) electrons. The van der Waals surface area contributed by atoms with Gasteiger partial charge in [0.15, 0.2) is 0 Å². The van der Waals surface area contributed by atoms with Crippen LogP contribution < -0.4 is 0 Å². The molecule has 0 saturated heterocycles. The Morgan fingerprint density at radius 1 is 1.17 bits per heavy atom. The van der Waals surface area contributed by atoms with Crippen LogP contribution in [0.5, 0.6) is 5.75 Å². The molecular weight excluding hydrogens is 252 g/mol. The SMILES string of the molecule is O=C(OCc1ccccc1)c1cc(O)cc(Cl)c1. The molecule has 0 unspecified atom stereocenters. The fourth-order valence-corrected chi connectivity index (χ4v) is 1.73. The van der Waals surface area contributed by atoms with Gasteiger partial charge in [-0.05, 0) is 23.8 Å². The number of hydrogen-bond donors (Lipinski definition) is 1. The van der Waals surface area contributed by atoms with Crippen LogP contribution in [0.3, 0.4) is 0 Å². The van der Waals surface area contributed by atoms with Crippen LogP contribution in [0.1, 0.15) is 15.9 Å². The van der Waals surface area contributed by atoms with Crippen molar-refractivity contribution in [2.45, 2.75) is 6.61 Å². The third kappa shape index (κ3) is 3.25. The number of phenols is 1. The van der Waals surface area contributed by atoms with E-state index in [1.165, 1.54) is 18.2 Å². The van der Waals surface area contributed by atoms with E-state index in [2.05, 4.69) is 0 Å². The molecule has 0 aromatic heterocycles. The van der Waals surface area contributed by atoms with Gasteiger partial charge in [0.25, 0.3) is 0 Å². The lowest BCUT2D eigenvalue weighted by molar-refractivity contribution is 0.0472. The number of phenolic OH excluding ortho intramolecular Hbond substituents is 1. The van der Waals surface area contributed by atoms with E-state index in [9.17, 15) is 9.90 Å². The first-order valence-electron chi connectivity index (χ1n) is 5.36. The fourth-order valence-electron chi connectivity index (χ4n) is 1.50. The summed E-state index contributed by atoms with van der Waals surface area (Å²) in [4.78, 5) is 11.7. The number of carbonyl (C=O) groups excluding carboxylic acids is 1. The maximum Gasteiger partial charge on any atom is 0.338 e. The molecule has 92 valence electrons. The zero-order valence-electron chi connectivity index (χ0n) is 9.47. The quantitative estimate of drug-likeness (QED) is 0.863. The van der Waals surface area contributed by atoms with Crippen molar-refractivity contribution in [3.05, 3.63) is 64.7 Å². The van der Waals surface area contributed by atoms with Gasteiger partial charge in [-0.1, -0.05) is 41.9 Å². The van der Waals surface area contributed by atoms with Gasteiger partial charge in [0.2, 0.25) is 0 Å². The Kier molecular flexibility index (Phi) is 3.85. The molecule has 0 atom stereocenters. The third-order valence-electron chi connectivity index (χ3n) is 2.33. The largest absolute Gasteiger partial charge is 0.508 e. The van der Waals surface area contributed by atoms with Crippen molar-refractivity contribution in [3.63, 3.8) is 0 Å². The molecular formula is C14H11ClO3. The molecule has 0 spiro atoms.